The number of ether oxygens (including phenoxy) is 3. The molecule has 1 aliphatic carbocycles. The third-order valence-electron chi connectivity index (χ3n) is 4.12. The van der Waals surface area contributed by atoms with Crippen LogP contribution in [0.1, 0.15) is 52.9 Å². The molecule has 1 atom stereocenters. The number of carbonyl (C=O) groups excluding carboxylic acids is 2. The first kappa shape index (κ1) is 20.9. The largest absolute Gasteiger partial charge is 0.493 e. The van der Waals surface area contributed by atoms with Crippen LogP contribution >= 0.6 is 0 Å². The Balaban J connectivity index is 1.91. The summed E-state index contributed by atoms with van der Waals surface area (Å²) < 4.78 is 16.4. The van der Waals surface area contributed by atoms with Crippen molar-refractivity contribution in [2.24, 2.45) is 0 Å². The van der Waals surface area contributed by atoms with E-state index in [1.165, 1.54) is 0 Å². The van der Waals surface area contributed by atoms with Gasteiger partial charge in [0.15, 0.2) is 0 Å². The Morgan fingerprint density at radius 3 is 2.41 bits per heavy atom. The second-order valence-corrected chi connectivity index (χ2v) is 7.75. The van der Waals surface area contributed by atoms with E-state index in [-0.39, 0.29) is 19.1 Å². The molecule has 2 rings (SSSR count). The van der Waals surface area contributed by atoms with Crippen molar-refractivity contribution in [3.63, 3.8) is 0 Å². The molecule has 1 aliphatic rings. The van der Waals surface area contributed by atoms with Crippen LogP contribution in [0.4, 0.5) is 10.5 Å². The number of nitrogen functional groups attached to an aromatic ring is 1. The van der Waals surface area contributed by atoms with Crippen LogP contribution in [0.25, 0.3) is 0 Å². The average molecular weight is 378 g/mol. The second kappa shape index (κ2) is 9.48. The van der Waals surface area contributed by atoms with Gasteiger partial charge in [0.05, 0.1) is 6.61 Å². The van der Waals surface area contributed by atoms with Crippen molar-refractivity contribution >= 4 is 17.7 Å². The highest BCUT2D eigenvalue weighted by Crippen LogP contribution is 2.22. The third-order valence-corrected chi connectivity index (χ3v) is 4.12. The quantitative estimate of drug-likeness (QED) is 0.557. The lowest BCUT2D eigenvalue weighted by Gasteiger charge is -2.24. The minimum Gasteiger partial charge on any atom is -0.493 e. The highest BCUT2D eigenvalue weighted by atomic mass is 16.6. The fraction of sp³-hybridized carbons (Fsp3) is 0.600. The van der Waals surface area contributed by atoms with E-state index >= 15 is 0 Å². The highest BCUT2D eigenvalue weighted by Gasteiger charge is 2.28. The lowest BCUT2D eigenvalue weighted by Crippen LogP contribution is -2.45. The molecule has 0 saturated heterocycles. The van der Waals surface area contributed by atoms with E-state index in [1.807, 2.05) is 0 Å². The summed E-state index contributed by atoms with van der Waals surface area (Å²) in [5.41, 5.74) is 5.65. The number of rotatable bonds is 7. The molecule has 1 unspecified atom stereocenters. The van der Waals surface area contributed by atoms with E-state index in [2.05, 4.69) is 5.32 Å². The third kappa shape index (κ3) is 7.76. The average Bonchev–Trinajstić information content (AvgIpc) is 3.07. The summed E-state index contributed by atoms with van der Waals surface area (Å²) in [7, 11) is 0. The zero-order valence-electron chi connectivity index (χ0n) is 16.3. The first-order chi connectivity index (χ1) is 12.7. The summed E-state index contributed by atoms with van der Waals surface area (Å²) in [6.07, 6.45) is 3.40. The molecule has 7 nitrogen and oxygen atoms in total. The van der Waals surface area contributed by atoms with E-state index < -0.39 is 23.7 Å². The topological polar surface area (TPSA) is 99.9 Å². The van der Waals surface area contributed by atoms with Gasteiger partial charge in [-0.2, -0.15) is 0 Å². The van der Waals surface area contributed by atoms with Crippen LogP contribution in [0.2, 0.25) is 0 Å². The minimum atomic E-state index is -0.825. The number of carbonyl (C=O) groups is 2. The molecule has 1 aromatic carbocycles. The van der Waals surface area contributed by atoms with E-state index in [4.69, 9.17) is 19.9 Å². The summed E-state index contributed by atoms with van der Waals surface area (Å²) in [4.78, 5) is 24.6. The van der Waals surface area contributed by atoms with Gasteiger partial charge in [0.2, 0.25) is 0 Å². The number of alkyl carbamates (subject to hydrolysis) is 1. The van der Waals surface area contributed by atoms with Crippen molar-refractivity contribution in [3.05, 3.63) is 24.3 Å². The number of anilines is 1. The van der Waals surface area contributed by atoms with Gasteiger partial charge in [-0.25, -0.2) is 9.59 Å². The van der Waals surface area contributed by atoms with Gasteiger partial charge in [0.25, 0.3) is 0 Å². The Hall–Kier alpha value is -2.44. The van der Waals surface area contributed by atoms with Crippen LogP contribution in [0.5, 0.6) is 5.75 Å². The number of nitrogens with two attached hydrogens (primary N) is 1. The van der Waals surface area contributed by atoms with Gasteiger partial charge in [-0.1, -0.05) is 0 Å². The van der Waals surface area contributed by atoms with Gasteiger partial charge in [-0.05, 0) is 70.7 Å². The first-order valence-corrected chi connectivity index (χ1v) is 9.41. The minimum absolute atomic E-state index is 0.0709. The van der Waals surface area contributed by atoms with Crippen LogP contribution in [0.15, 0.2) is 24.3 Å². The number of hydrogen-bond donors (Lipinski definition) is 2. The second-order valence-electron chi connectivity index (χ2n) is 7.75. The molecule has 1 amide bonds. The van der Waals surface area contributed by atoms with Crippen molar-refractivity contribution < 1.29 is 23.8 Å². The Morgan fingerprint density at radius 1 is 1.19 bits per heavy atom. The van der Waals surface area contributed by atoms with Crippen LogP contribution in [0.3, 0.4) is 0 Å². The number of amides is 1. The van der Waals surface area contributed by atoms with Gasteiger partial charge in [-0.15, -0.1) is 0 Å². The maximum Gasteiger partial charge on any atom is 0.408 e. The Bertz CT molecular complexity index is 618. The standard InChI is InChI=1S/C20H30N2O5/c1-20(2,3)27-19(24)22-17(18(23)26-16-6-4-5-7-16)12-13-25-15-10-8-14(21)9-11-15/h8-11,16-17H,4-7,12-13,21H2,1-3H3,(H,22,24). The molecule has 0 aromatic heterocycles. The Morgan fingerprint density at radius 2 is 1.81 bits per heavy atom. The normalized spacial score (nSPS) is 15.8. The van der Waals surface area contributed by atoms with Crippen LogP contribution in [-0.4, -0.2) is 36.4 Å². The molecule has 3 N–H and O–H groups in total. The molecule has 1 aromatic rings. The summed E-state index contributed by atoms with van der Waals surface area (Å²) in [6.45, 7) is 5.54. The molecule has 0 spiro atoms. The molecular formula is C20H30N2O5. The van der Waals surface area contributed by atoms with Crippen LogP contribution < -0.4 is 15.8 Å². The van der Waals surface area contributed by atoms with Gasteiger partial charge in [-0.3, -0.25) is 0 Å². The van der Waals surface area contributed by atoms with E-state index in [1.54, 1.807) is 45.0 Å². The first-order valence-electron chi connectivity index (χ1n) is 9.41. The van der Waals surface area contributed by atoms with Gasteiger partial charge < -0.3 is 25.3 Å². The molecule has 0 heterocycles. The molecular weight excluding hydrogens is 348 g/mol. The zero-order chi connectivity index (χ0) is 19.9. The van der Waals surface area contributed by atoms with Crippen LogP contribution in [0, 0.1) is 0 Å². The maximum atomic E-state index is 12.5. The lowest BCUT2D eigenvalue weighted by molar-refractivity contribution is -0.151. The summed E-state index contributed by atoms with van der Waals surface area (Å²) in [6, 6.07) is 6.15. The molecule has 0 bridgehead atoms. The predicted octanol–water partition coefficient (Wildman–Crippen LogP) is 3.42. The number of hydrogen-bond acceptors (Lipinski definition) is 6. The summed E-state index contributed by atoms with van der Waals surface area (Å²) >= 11 is 0. The van der Waals surface area contributed by atoms with Crippen molar-refractivity contribution in [3.8, 4) is 5.75 Å². The molecule has 0 radical (unpaired) electrons. The zero-order valence-corrected chi connectivity index (χ0v) is 16.3. The van der Waals surface area contributed by atoms with Gasteiger partial charge >= 0.3 is 12.1 Å². The van der Waals surface area contributed by atoms with Gasteiger partial charge in [0, 0.05) is 12.1 Å². The Kier molecular flexibility index (Phi) is 7.33. The smallest absolute Gasteiger partial charge is 0.408 e. The summed E-state index contributed by atoms with van der Waals surface area (Å²) in [5.74, 6) is 0.193. The number of esters is 1. The SMILES string of the molecule is CC(C)(C)OC(=O)NC(CCOc1ccc(N)cc1)C(=O)OC1CCCC1. The summed E-state index contributed by atoms with van der Waals surface area (Å²) in [5, 5.41) is 2.61. The van der Waals surface area contributed by atoms with E-state index in [0.717, 1.165) is 25.7 Å². The molecule has 150 valence electrons. The maximum absolute atomic E-state index is 12.5. The van der Waals surface area contributed by atoms with E-state index in [9.17, 15) is 9.59 Å². The molecule has 1 saturated carbocycles. The molecule has 0 aliphatic heterocycles. The lowest BCUT2D eigenvalue weighted by atomic mass is 10.2. The predicted molar refractivity (Wildman–Crippen MR) is 102 cm³/mol. The van der Waals surface area contributed by atoms with Crippen molar-refractivity contribution in [2.75, 3.05) is 12.3 Å². The number of nitrogens with one attached hydrogen (secondary N) is 1. The van der Waals surface area contributed by atoms with E-state index in [0.29, 0.717) is 11.4 Å². The van der Waals surface area contributed by atoms with Gasteiger partial charge in [0.1, 0.15) is 23.5 Å². The molecule has 27 heavy (non-hydrogen) atoms. The van der Waals surface area contributed by atoms with Crippen LogP contribution in [-0.2, 0) is 14.3 Å². The fourth-order valence-electron chi connectivity index (χ4n) is 2.81. The number of benzene rings is 1. The molecule has 1 fully saturated rings. The Labute approximate surface area is 160 Å². The van der Waals surface area contributed by atoms with Crippen molar-refractivity contribution in [1.29, 1.82) is 0 Å². The monoisotopic (exact) mass is 378 g/mol. The van der Waals surface area contributed by atoms with Crippen molar-refractivity contribution in [2.45, 2.75) is 70.6 Å². The highest BCUT2D eigenvalue weighted by molar-refractivity contribution is 5.81. The van der Waals surface area contributed by atoms with Crippen molar-refractivity contribution in [1.82, 2.24) is 5.32 Å². The molecule has 7 heteroatoms. The fourth-order valence-corrected chi connectivity index (χ4v) is 2.81.